The zero-order valence-corrected chi connectivity index (χ0v) is 20.5. The smallest absolute Gasteiger partial charge is 0.254 e. The molecule has 2 heterocycles. The Balaban J connectivity index is 1.72. The highest BCUT2D eigenvalue weighted by Gasteiger charge is 2.30. The van der Waals surface area contributed by atoms with Gasteiger partial charge in [-0.05, 0) is 51.7 Å². The fraction of sp³-hybridized carbons (Fsp3) is 0.429. The number of piperidine rings is 1. The molecule has 1 aliphatic heterocycles. The van der Waals surface area contributed by atoms with E-state index in [2.05, 4.69) is 17.0 Å². The van der Waals surface area contributed by atoms with E-state index in [-0.39, 0.29) is 5.91 Å². The minimum Gasteiger partial charge on any atom is -0.385 e. The van der Waals surface area contributed by atoms with Gasteiger partial charge in [-0.1, -0.05) is 53.2 Å². The van der Waals surface area contributed by atoms with E-state index in [1.54, 1.807) is 7.11 Å². The third kappa shape index (κ3) is 5.50. The lowest BCUT2D eigenvalue weighted by Crippen LogP contribution is -2.38. The van der Waals surface area contributed by atoms with Gasteiger partial charge >= 0.3 is 0 Å². The maximum Gasteiger partial charge on any atom is 0.254 e. The summed E-state index contributed by atoms with van der Waals surface area (Å²) in [6.45, 7) is 6.81. The van der Waals surface area contributed by atoms with Gasteiger partial charge in [-0.15, -0.1) is 0 Å². The molecular formula is C28H35N3O3. The molecule has 4 rings (SSSR count). The number of methoxy groups -OCH3 is 1. The lowest BCUT2D eigenvalue weighted by Gasteiger charge is -2.34. The zero-order chi connectivity index (χ0) is 23.9. The molecule has 6 heteroatoms. The summed E-state index contributed by atoms with van der Waals surface area (Å²) in [6.07, 6.45) is 4.24. The summed E-state index contributed by atoms with van der Waals surface area (Å²) in [5.41, 5.74) is 4.54. The molecule has 3 aromatic rings. The van der Waals surface area contributed by atoms with Crippen LogP contribution < -0.4 is 4.90 Å². The van der Waals surface area contributed by atoms with Crippen molar-refractivity contribution in [3.8, 4) is 11.3 Å². The van der Waals surface area contributed by atoms with Gasteiger partial charge in [0.25, 0.3) is 5.91 Å². The molecule has 1 aliphatic rings. The minimum absolute atomic E-state index is 0.0117. The van der Waals surface area contributed by atoms with Gasteiger partial charge in [0.15, 0.2) is 0 Å². The first kappa shape index (κ1) is 24.0. The van der Waals surface area contributed by atoms with Crippen LogP contribution in [0.4, 0.5) is 5.88 Å². The number of hydrogen-bond donors (Lipinski definition) is 0. The largest absolute Gasteiger partial charge is 0.385 e. The zero-order valence-electron chi connectivity index (χ0n) is 20.5. The number of ether oxygens (including phenoxy) is 1. The predicted octanol–water partition coefficient (Wildman–Crippen LogP) is 5.71. The van der Waals surface area contributed by atoms with Crippen molar-refractivity contribution in [1.82, 2.24) is 10.1 Å². The Bertz CT molecular complexity index is 1080. The van der Waals surface area contributed by atoms with E-state index in [4.69, 9.17) is 9.26 Å². The summed E-state index contributed by atoms with van der Waals surface area (Å²) in [7, 11) is 1.69. The fourth-order valence-electron chi connectivity index (χ4n) is 4.70. The molecule has 1 amide bonds. The van der Waals surface area contributed by atoms with Crippen molar-refractivity contribution in [3.63, 3.8) is 0 Å². The van der Waals surface area contributed by atoms with Crippen molar-refractivity contribution in [2.75, 3.05) is 31.7 Å². The number of carbonyl (C=O) groups excluding carboxylic acids is 1. The summed E-state index contributed by atoms with van der Waals surface area (Å²) in [6, 6.07) is 18.2. The number of rotatable bonds is 9. The molecular weight excluding hydrogens is 426 g/mol. The van der Waals surface area contributed by atoms with Crippen LogP contribution in [0.15, 0.2) is 59.1 Å². The van der Waals surface area contributed by atoms with Crippen LogP contribution in [0.2, 0.25) is 0 Å². The van der Waals surface area contributed by atoms with Gasteiger partial charge in [0, 0.05) is 44.0 Å². The first-order chi connectivity index (χ1) is 16.6. The average Bonchev–Trinajstić information content (AvgIpc) is 3.27. The lowest BCUT2D eigenvalue weighted by atomic mass is 10.0. The fourth-order valence-corrected chi connectivity index (χ4v) is 4.70. The molecule has 6 nitrogen and oxygen atoms in total. The quantitative estimate of drug-likeness (QED) is 0.382. The second-order valence-electron chi connectivity index (χ2n) is 9.16. The molecule has 1 fully saturated rings. The third-order valence-corrected chi connectivity index (χ3v) is 6.56. The Morgan fingerprint density at radius 1 is 1.18 bits per heavy atom. The molecule has 1 saturated heterocycles. The predicted molar refractivity (Wildman–Crippen MR) is 135 cm³/mol. The van der Waals surface area contributed by atoms with Crippen LogP contribution in [-0.4, -0.2) is 48.8 Å². The van der Waals surface area contributed by atoms with Gasteiger partial charge in [0.2, 0.25) is 5.88 Å². The van der Waals surface area contributed by atoms with Crippen molar-refractivity contribution in [1.29, 1.82) is 0 Å². The molecule has 1 aromatic heterocycles. The van der Waals surface area contributed by atoms with Crippen molar-refractivity contribution in [2.45, 2.75) is 52.1 Å². The maximum absolute atomic E-state index is 13.6. The average molecular weight is 462 g/mol. The highest BCUT2D eigenvalue weighted by Crippen LogP contribution is 2.35. The lowest BCUT2D eigenvalue weighted by molar-refractivity contribution is 0.0724. The van der Waals surface area contributed by atoms with E-state index in [1.807, 2.05) is 66.4 Å². The number of hydrogen-bond acceptors (Lipinski definition) is 5. The number of benzene rings is 2. The normalized spacial score (nSPS) is 16.0. The Morgan fingerprint density at radius 3 is 2.74 bits per heavy atom. The van der Waals surface area contributed by atoms with Crippen LogP contribution >= 0.6 is 0 Å². The summed E-state index contributed by atoms with van der Waals surface area (Å²) in [5.74, 6) is 0.803. The molecule has 0 saturated carbocycles. The Hall–Kier alpha value is -3.12. The van der Waals surface area contributed by atoms with Gasteiger partial charge in [-0.2, -0.15) is 0 Å². The van der Waals surface area contributed by atoms with E-state index < -0.39 is 0 Å². The second kappa shape index (κ2) is 11.3. The topological polar surface area (TPSA) is 58.8 Å². The Labute approximate surface area is 202 Å². The van der Waals surface area contributed by atoms with Gasteiger partial charge in [0.1, 0.15) is 5.69 Å². The van der Waals surface area contributed by atoms with Crippen LogP contribution in [0.3, 0.4) is 0 Å². The van der Waals surface area contributed by atoms with Crippen molar-refractivity contribution in [3.05, 3.63) is 71.3 Å². The third-order valence-electron chi connectivity index (χ3n) is 6.56. The van der Waals surface area contributed by atoms with Gasteiger partial charge in [0.05, 0.1) is 12.1 Å². The number of carbonyl (C=O) groups is 1. The number of nitrogens with zero attached hydrogens (tertiary/aromatic N) is 3. The van der Waals surface area contributed by atoms with Crippen LogP contribution in [0.1, 0.15) is 54.1 Å². The highest BCUT2D eigenvalue weighted by atomic mass is 16.5. The molecule has 0 aliphatic carbocycles. The number of amides is 1. The van der Waals surface area contributed by atoms with Gasteiger partial charge in [-0.25, -0.2) is 0 Å². The number of aromatic nitrogens is 1. The maximum atomic E-state index is 13.6. The first-order valence-electron chi connectivity index (χ1n) is 12.2. The molecule has 1 unspecified atom stereocenters. The van der Waals surface area contributed by atoms with E-state index in [0.717, 1.165) is 54.1 Å². The summed E-state index contributed by atoms with van der Waals surface area (Å²) in [4.78, 5) is 17.9. The van der Waals surface area contributed by atoms with E-state index in [9.17, 15) is 4.79 Å². The molecule has 180 valence electrons. The second-order valence-corrected chi connectivity index (χ2v) is 9.16. The van der Waals surface area contributed by atoms with Crippen molar-refractivity contribution < 1.29 is 14.1 Å². The Kier molecular flexibility index (Phi) is 8.01. The molecule has 34 heavy (non-hydrogen) atoms. The summed E-state index contributed by atoms with van der Waals surface area (Å²) in [5, 5.41) is 4.51. The van der Waals surface area contributed by atoms with E-state index in [0.29, 0.717) is 31.3 Å². The molecule has 2 aromatic carbocycles. The summed E-state index contributed by atoms with van der Waals surface area (Å²) >= 11 is 0. The SMILES string of the molecule is COCCCN(Cc1c(-c2ccccc2)noc1N1CCCCC1C)C(=O)c1cccc(C)c1. The Morgan fingerprint density at radius 2 is 2.00 bits per heavy atom. The van der Waals surface area contributed by atoms with Gasteiger partial charge < -0.3 is 19.1 Å². The molecule has 0 bridgehead atoms. The molecule has 1 atom stereocenters. The van der Waals surface area contributed by atoms with E-state index >= 15 is 0 Å². The molecule has 0 spiro atoms. The number of aryl methyl sites for hydroxylation is 1. The summed E-state index contributed by atoms with van der Waals surface area (Å²) < 4.78 is 11.3. The number of anilines is 1. The molecule has 0 N–H and O–H groups in total. The standard InChI is InChI=1S/C28H35N3O3/c1-21-11-9-15-24(19-21)27(32)30(16-10-18-33-3)20-25-26(23-13-5-4-6-14-23)29-34-28(25)31-17-8-7-12-22(31)2/h4-6,9,11,13-15,19,22H,7-8,10,12,16-18,20H2,1-3H3. The van der Waals surface area contributed by atoms with Crippen molar-refractivity contribution >= 4 is 11.8 Å². The first-order valence-corrected chi connectivity index (χ1v) is 12.2. The van der Waals surface area contributed by atoms with Crippen LogP contribution in [0.5, 0.6) is 0 Å². The highest BCUT2D eigenvalue weighted by molar-refractivity contribution is 5.94. The van der Waals surface area contributed by atoms with Gasteiger partial charge in [-0.3, -0.25) is 4.79 Å². The van der Waals surface area contributed by atoms with Crippen LogP contribution in [0.25, 0.3) is 11.3 Å². The van der Waals surface area contributed by atoms with E-state index in [1.165, 1.54) is 6.42 Å². The monoisotopic (exact) mass is 461 g/mol. The minimum atomic E-state index is 0.0117. The molecule has 0 radical (unpaired) electrons. The van der Waals surface area contributed by atoms with Crippen molar-refractivity contribution in [2.24, 2.45) is 0 Å². The van der Waals surface area contributed by atoms with Crippen LogP contribution in [-0.2, 0) is 11.3 Å². The van der Waals surface area contributed by atoms with Crippen LogP contribution in [0, 0.1) is 6.92 Å².